The number of aliphatic hydroxyl groups is 1. The Morgan fingerprint density at radius 2 is 2.27 bits per heavy atom. The molecule has 0 aliphatic heterocycles. The molecule has 1 heterocycles. The van der Waals surface area contributed by atoms with Crippen molar-refractivity contribution in [2.45, 2.75) is 19.4 Å². The fourth-order valence-corrected chi connectivity index (χ4v) is 1.47. The number of hydrogen-bond donors (Lipinski definition) is 2. The number of aliphatic hydroxyl groups excluding tert-OH is 1. The van der Waals surface area contributed by atoms with Gasteiger partial charge in [0.25, 0.3) is 0 Å². The lowest BCUT2D eigenvalue weighted by atomic mass is 9.97. The molecule has 84 valence electrons. The van der Waals surface area contributed by atoms with Gasteiger partial charge in [0.05, 0.1) is 12.8 Å². The predicted octanol–water partition coefficient (Wildman–Crippen LogP) is 1.11. The second-order valence-corrected chi connectivity index (χ2v) is 3.45. The van der Waals surface area contributed by atoms with E-state index >= 15 is 0 Å². The van der Waals surface area contributed by atoms with Crippen LogP contribution >= 0.6 is 0 Å². The minimum Gasteiger partial charge on any atom is -0.481 e. The minimum absolute atomic E-state index is 0.0459. The number of nitrogens with zero attached hydrogens (tertiary/aromatic N) is 1. The first-order valence-corrected chi connectivity index (χ1v) is 5.12. The SMILES string of the molecule is CCC(CN)C(O)c1cccc(OC)n1. The van der Waals surface area contributed by atoms with Gasteiger partial charge in [-0.05, 0) is 19.0 Å². The van der Waals surface area contributed by atoms with Crippen LogP contribution in [0.3, 0.4) is 0 Å². The fourth-order valence-electron chi connectivity index (χ4n) is 1.47. The summed E-state index contributed by atoms with van der Waals surface area (Å²) in [7, 11) is 1.55. The maximum absolute atomic E-state index is 10.0. The van der Waals surface area contributed by atoms with Gasteiger partial charge in [0, 0.05) is 12.0 Å². The summed E-state index contributed by atoms with van der Waals surface area (Å²) in [4.78, 5) is 4.18. The van der Waals surface area contributed by atoms with E-state index in [0.29, 0.717) is 18.1 Å². The third kappa shape index (κ3) is 2.91. The van der Waals surface area contributed by atoms with Gasteiger partial charge in [0.2, 0.25) is 5.88 Å². The molecule has 1 aromatic rings. The van der Waals surface area contributed by atoms with Gasteiger partial charge in [-0.25, -0.2) is 4.98 Å². The predicted molar refractivity (Wildman–Crippen MR) is 58.6 cm³/mol. The number of methoxy groups -OCH3 is 1. The zero-order valence-electron chi connectivity index (χ0n) is 9.18. The second kappa shape index (κ2) is 5.68. The quantitative estimate of drug-likeness (QED) is 0.764. The zero-order chi connectivity index (χ0) is 11.3. The molecular weight excluding hydrogens is 192 g/mol. The molecule has 0 bridgehead atoms. The topological polar surface area (TPSA) is 68.4 Å². The highest BCUT2D eigenvalue weighted by atomic mass is 16.5. The minimum atomic E-state index is -0.616. The first kappa shape index (κ1) is 11.9. The first-order valence-electron chi connectivity index (χ1n) is 5.12. The average Bonchev–Trinajstić information content (AvgIpc) is 2.30. The van der Waals surface area contributed by atoms with Crippen LogP contribution in [0, 0.1) is 5.92 Å². The summed E-state index contributed by atoms with van der Waals surface area (Å²) >= 11 is 0. The normalized spacial score (nSPS) is 14.7. The molecule has 0 saturated heterocycles. The van der Waals surface area contributed by atoms with E-state index in [0.717, 1.165) is 6.42 Å². The highest BCUT2D eigenvalue weighted by molar-refractivity contribution is 5.17. The molecule has 1 aromatic heterocycles. The molecule has 15 heavy (non-hydrogen) atoms. The van der Waals surface area contributed by atoms with Crippen LogP contribution in [0.2, 0.25) is 0 Å². The highest BCUT2D eigenvalue weighted by Gasteiger charge is 2.19. The molecule has 2 atom stereocenters. The Labute approximate surface area is 90.1 Å². The zero-order valence-corrected chi connectivity index (χ0v) is 9.18. The average molecular weight is 210 g/mol. The van der Waals surface area contributed by atoms with Crippen molar-refractivity contribution in [3.63, 3.8) is 0 Å². The lowest BCUT2D eigenvalue weighted by Crippen LogP contribution is -2.22. The Morgan fingerprint density at radius 3 is 2.80 bits per heavy atom. The van der Waals surface area contributed by atoms with Crippen molar-refractivity contribution in [2.75, 3.05) is 13.7 Å². The van der Waals surface area contributed by atoms with Crippen LogP contribution in [0.15, 0.2) is 18.2 Å². The summed E-state index contributed by atoms with van der Waals surface area (Å²) in [6.07, 6.45) is 0.214. The first-order chi connectivity index (χ1) is 7.22. The molecule has 0 aliphatic rings. The summed E-state index contributed by atoms with van der Waals surface area (Å²) < 4.78 is 5.00. The van der Waals surface area contributed by atoms with Crippen molar-refractivity contribution < 1.29 is 9.84 Å². The van der Waals surface area contributed by atoms with E-state index in [1.54, 1.807) is 19.2 Å². The number of hydrogen-bond acceptors (Lipinski definition) is 4. The van der Waals surface area contributed by atoms with Crippen LogP contribution in [0.4, 0.5) is 0 Å². The summed E-state index contributed by atoms with van der Waals surface area (Å²) in [6, 6.07) is 5.35. The third-order valence-corrected chi connectivity index (χ3v) is 2.53. The van der Waals surface area contributed by atoms with Crippen molar-refractivity contribution in [1.29, 1.82) is 0 Å². The lowest BCUT2D eigenvalue weighted by molar-refractivity contribution is 0.105. The van der Waals surface area contributed by atoms with Crippen molar-refractivity contribution in [3.8, 4) is 5.88 Å². The van der Waals surface area contributed by atoms with Gasteiger partial charge in [0.1, 0.15) is 6.10 Å². The molecule has 0 aromatic carbocycles. The van der Waals surface area contributed by atoms with Gasteiger partial charge in [-0.1, -0.05) is 13.0 Å². The molecule has 1 rings (SSSR count). The molecule has 0 spiro atoms. The molecule has 2 unspecified atom stereocenters. The van der Waals surface area contributed by atoms with E-state index in [1.165, 1.54) is 0 Å². The summed E-state index contributed by atoms with van der Waals surface area (Å²) in [6.45, 7) is 2.46. The van der Waals surface area contributed by atoms with E-state index in [4.69, 9.17) is 10.5 Å². The van der Waals surface area contributed by atoms with Crippen molar-refractivity contribution >= 4 is 0 Å². The van der Waals surface area contributed by atoms with Crippen LogP contribution in [-0.4, -0.2) is 23.7 Å². The van der Waals surface area contributed by atoms with Gasteiger partial charge < -0.3 is 15.6 Å². The number of aromatic nitrogens is 1. The Bertz CT molecular complexity index is 300. The van der Waals surface area contributed by atoms with Gasteiger partial charge in [0.15, 0.2) is 0 Å². The molecule has 0 fully saturated rings. The van der Waals surface area contributed by atoms with E-state index in [-0.39, 0.29) is 5.92 Å². The summed E-state index contributed by atoms with van der Waals surface area (Å²) in [5, 5.41) is 10.0. The maximum Gasteiger partial charge on any atom is 0.213 e. The van der Waals surface area contributed by atoms with Crippen LogP contribution in [0.1, 0.15) is 25.1 Å². The molecule has 0 saturated carbocycles. The van der Waals surface area contributed by atoms with Crippen LogP contribution < -0.4 is 10.5 Å². The number of ether oxygens (including phenoxy) is 1. The standard InChI is InChI=1S/C11H18N2O2/c1-3-8(7-12)11(14)9-5-4-6-10(13-9)15-2/h4-6,8,11,14H,3,7,12H2,1-2H3. The van der Waals surface area contributed by atoms with Crippen LogP contribution in [0.5, 0.6) is 5.88 Å². The van der Waals surface area contributed by atoms with E-state index in [1.807, 2.05) is 13.0 Å². The van der Waals surface area contributed by atoms with E-state index in [2.05, 4.69) is 4.98 Å². The highest BCUT2D eigenvalue weighted by Crippen LogP contribution is 2.23. The Hall–Kier alpha value is -1.13. The Kier molecular flexibility index (Phi) is 4.52. The van der Waals surface area contributed by atoms with Crippen LogP contribution in [0.25, 0.3) is 0 Å². The summed E-state index contributed by atoms with van der Waals surface area (Å²) in [5.74, 6) is 0.558. The van der Waals surface area contributed by atoms with Crippen LogP contribution in [-0.2, 0) is 0 Å². The van der Waals surface area contributed by atoms with Gasteiger partial charge in [-0.2, -0.15) is 0 Å². The van der Waals surface area contributed by atoms with Crippen molar-refractivity contribution in [2.24, 2.45) is 11.7 Å². The van der Waals surface area contributed by atoms with Crippen molar-refractivity contribution in [3.05, 3.63) is 23.9 Å². The summed E-state index contributed by atoms with van der Waals surface area (Å²) in [5.41, 5.74) is 6.19. The molecule has 3 N–H and O–H groups in total. The third-order valence-electron chi connectivity index (χ3n) is 2.53. The van der Waals surface area contributed by atoms with E-state index in [9.17, 15) is 5.11 Å². The monoisotopic (exact) mass is 210 g/mol. The number of rotatable bonds is 5. The molecule has 0 radical (unpaired) electrons. The molecule has 0 amide bonds. The number of pyridine rings is 1. The molecule has 4 nitrogen and oxygen atoms in total. The largest absolute Gasteiger partial charge is 0.481 e. The lowest BCUT2D eigenvalue weighted by Gasteiger charge is -2.19. The van der Waals surface area contributed by atoms with Crippen molar-refractivity contribution in [1.82, 2.24) is 4.98 Å². The second-order valence-electron chi connectivity index (χ2n) is 3.45. The maximum atomic E-state index is 10.0. The number of nitrogens with two attached hydrogens (primary N) is 1. The molecule has 0 aliphatic carbocycles. The Balaban J connectivity index is 2.84. The van der Waals surface area contributed by atoms with Gasteiger partial charge in [-0.15, -0.1) is 0 Å². The molecular formula is C11H18N2O2. The van der Waals surface area contributed by atoms with Gasteiger partial charge >= 0.3 is 0 Å². The fraction of sp³-hybridized carbons (Fsp3) is 0.545. The Morgan fingerprint density at radius 1 is 1.53 bits per heavy atom. The molecule has 4 heteroatoms. The van der Waals surface area contributed by atoms with Gasteiger partial charge in [-0.3, -0.25) is 0 Å². The smallest absolute Gasteiger partial charge is 0.213 e. The van der Waals surface area contributed by atoms with E-state index < -0.39 is 6.10 Å².